The molecule has 0 aliphatic rings. The fraction of sp³-hybridized carbons (Fsp3) is 0.462. The number of nitrogens with two attached hydrogens (primary N) is 1. The molecule has 0 heterocycles. The van der Waals surface area contributed by atoms with Gasteiger partial charge in [0.05, 0.1) is 5.56 Å². The number of hydrogen-bond acceptors (Lipinski definition) is 3. The van der Waals surface area contributed by atoms with Crippen LogP contribution in [0.2, 0.25) is 0 Å². The molecule has 0 fully saturated rings. The van der Waals surface area contributed by atoms with Gasteiger partial charge in [0.1, 0.15) is 4.99 Å². The monoisotopic (exact) mass is 306 g/mol. The zero-order valence-corrected chi connectivity index (χ0v) is 11.9. The first-order chi connectivity index (χ1) is 9.31. The standard InChI is InChI=1S/C13H17F3N2OS/c1-2-18(6-3-7-19)9-4-5-11(13(14,15)16)10(8-9)12(17)20/h4-5,8,19H,2-3,6-7H2,1H3,(H2,17,20). The maximum Gasteiger partial charge on any atom is 0.417 e. The number of benzene rings is 1. The molecule has 3 N–H and O–H groups in total. The molecule has 1 aromatic rings. The van der Waals surface area contributed by atoms with E-state index < -0.39 is 11.7 Å². The molecular weight excluding hydrogens is 289 g/mol. The topological polar surface area (TPSA) is 49.5 Å². The molecule has 0 unspecified atom stereocenters. The molecule has 0 aromatic heterocycles. The first-order valence-corrected chi connectivity index (χ1v) is 6.59. The Balaban J connectivity index is 3.19. The van der Waals surface area contributed by atoms with Crippen LogP contribution in [0.25, 0.3) is 0 Å². The van der Waals surface area contributed by atoms with Gasteiger partial charge >= 0.3 is 6.18 Å². The predicted octanol–water partition coefficient (Wildman–Crippen LogP) is 2.55. The Morgan fingerprint density at radius 2 is 2.05 bits per heavy atom. The highest BCUT2D eigenvalue weighted by Gasteiger charge is 2.34. The number of rotatable bonds is 6. The van der Waals surface area contributed by atoms with Gasteiger partial charge in [-0.15, -0.1) is 0 Å². The molecule has 0 aliphatic carbocycles. The van der Waals surface area contributed by atoms with E-state index in [1.807, 2.05) is 11.8 Å². The minimum Gasteiger partial charge on any atom is -0.396 e. The molecule has 0 atom stereocenters. The van der Waals surface area contributed by atoms with E-state index in [0.717, 1.165) is 6.07 Å². The van der Waals surface area contributed by atoms with Gasteiger partial charge in [0.2, 0.25) is 0 Å². The lowest BCUT2D eigenvalue weighted by Gasteiger charge is -2.24. The van der Waals surface area contributed by atoms with Crippen molar-refractivity contribution in [2.75, 3.05) is 24.6 Å². The van der Waals surface area contributed by atoms with E-state index in [9.17, 15) is 13.2 Å². The third-order valence-corrected chi connectivity index (χ3v) is 3.13. The molecule has 0 spiro atoms. The average molecular weight is 306 g/mol. The molecule has 0 aliphatic heterocycles. The van der Waals surface area contributed by atoms with E-state index >= 15 is 0 Å². The van der Waals surface area contributed by atoms with E-state index in [1.165, 1.54) is 12.1 Å². The van der Waals surface area contributed by atoms with E-state index in [2.05, 4.69) is 0 Å². The van der Waals surface area contributed by atoms with Gasteiger partial charge in [-0.2, -0.15) is 13.2 Å². The number of aliphatic hydroxyl groups excluding tert-OH is 1. The summed E-state index contributed by atoms with van der Waals surface area (Å²) < 4.78 is 38.6. The van der Waals surface area contributed by atoms with Gasteiger partial charge in [0, 0.05) is 30.9 Å². The van der Waals surface area contributed by atoms with E-state index in [-0.39, 0.29) is 17.2 Å². The van der Waals surface area contributed by atoms with Gasteiger partial charge in [0.15, 0.2) is 0 Å². The lowest BCUT2D eigenvalue weighted by molar-refractivity contribution is -0.137. The first kappa shape index (κ1) is 16.7. The molecule has 0 radical (unpaired) electrons. The molecule has 20 heavy (non-hydrogen) atoms. The largest absolute Gasteiger partial charge is 0.417 e. The zero-order valence-electron chi connectivity index (χ0n) is 11.1. The van der Waals surface area contributed by atoms with Crippen molar-refractivity contribution in [3.8, 4) is 0 Å². The van der Waals surface area contributed by atoms with E-state index in [0.29, 0.717) is 25.2 Å². The van der Waals surface area contributed by atoms with Gasteiger partial charge in [-0.1, -0.05) is 12.2 Å². The van der Waals surface area contributed by atoms with Crippen molar-refractivity contribution < 1.29 is 18.3 Å². The molecule has 3 nitrogen and oxygen atoms in total. The van der Waals surface area contributed by atoms with Crippen molar-refractivity contribution in [3.05, 3.63) is 29.3 Å². The smallest absolute Gasteiger partial charge is 0.396 e. The molecule has 0 amide bonds. The second-order valence-corrected chi connectivity index (χ2v) is 4.69. The predicted molar refractivity (Wildman–Crippen MR) is 76.9 cm³/mol. The van der Waals surface area contributed by atoms with Crippen LogP contribution in [0.5, 0.6) is 0 Å². The summed E-state index contributed by atoms with van der Waals surface area (Å²) in [5, 5.41) is 8.83. The maximum atomic E-state index is 12.9. The van der Waals surface area contributed by atoms with Crippen LogP contribution >= 0.6 is 12.2 Å². The van der Waals surface area contributed by atoms with Crippen LogP contribution in [-0.2, 0) is 6.18 Å². The second kappa shape index (κ2) is 6.90. The second-order valence-electron chi connectivity index (χ2n) is 4.25. The minimum absolute atomic E-state index is 0.0271. The summed E-state index contributed by atoms with van der Waals surface area (Å²) in [5.41, 5.74) is 5.00. The van der Waals surface area contributed by atoms with Crippen molar-refractivity contribution in [3.63, 3.8) is 0 Å². The van der Waals surface area contributed by atoms with Crippen LogP contribution in [0.15, 0.2) is 18.2 Å². The summed E-state index contributed by atoms with van der Waals surface area (Å²) in [6.07, 6.45) is -3.95. The maximum absolute atomic E-state index is 12.9. The molecule has 0 saturated heterocycles. The Labute approximate surface area is 121 Å². The number of thiocarbonyl (C=S) groups is 1. The molecule has 1 aromatic carbocycles. The quantitative estimate of drug-likeness (QED) is 0.793. The molecule has 1 rings (SSSR count). The normalized spacial score (nSPS) is 11.4. The average Bonchev–Trinajstić information content (AvgIpc) is 2.38. The van der Waals surface area contributed by atoms with Crippen LogP contribution < -0.4 is 10.6 Å². The Kier molecular flexibility index (Phi) is 5.76. The van der Waals surface area contributed by atoms with Crippen LogP contribution in [0.1, 0.15) is 24.5 Å². The molecule has 0 saturated carbocycles. The van der Waals surface area contributed by atoms with Crippen molar-refractivity contribution in [2.24, 2.45) is 5.73 Å². The summed E-state index contributed by atoms with van der Waals surface area (Å²) in [6.45, 7) is 3.08. The lowest BCUT2D eigenvalue weighted by Crippen LogP contribution is -2.26. The van der Waals surface area contributed by atoms with Gasteiger partial charge in [-0.25, -0.2) is 0 Å². The summed E-state index contributed by atoms with van der Waals surface area (Å²) in [5.74, 6) is 0. The van der Waals surface area contributed by atoms with Gasteiger partial charge in [-0.05, 0) is 31.5 Å². The third-order valence-electron chi connectivity index (χ3n) is 2.91. The summed E-state index contributed by atoms with van der Waals surface area (Å²) in [7, 11) is 0. The summed E-state index contributed by atoms with van der Waals surface area (Å²) in [6, 6.07) is 3.74. The summed E-state index contributed by atoms with van der Waals surface area (Å²) in [4.78, 5) is 1.58. The van der Waals surface area contributed by atoms with E-state index in [4.69, 9.17) is 23.1 Å². The molecular formula is C13H17F3N2OS. The number of halogens is 3. The zero-order chi connectivity index (χ0) is 15.3. The Bertz CT molecular complexity index is 477. The molecule has 7 heteroatoms. The van der Waals surface area contributed by atoms with Crippen molar-refractivity contribution in [2.45, 2.75) is 19.5 Å². The fourth-order valence-corrected chi connectivity index (χ4v) is 2.08. The number of nitrogens with zero attached hydrogens (tertiary/aromatic N) is 1. The van der Waals surface area contributed by atoms with Crippen LogP contribution in [-0.4, -0.2) is 29.8 Å². The highest BCUT2D eigenvalue weighted by atomic mass is 32.1. The van der Waals surface area contributed by atoms with Crippen molar-refractivity contribution >= 4 is 22.9 Å². The Morgan fingerprint density at radius 3 is 2.50 bits per heavy atom. The lowest BCUT2D eigenvalue weighted by atomic mass is 10.1. The fourth-order valence-electron chi connectivity index (χ4n) is 1.91. The Hall–Kier alpha value is -1.34. The number of hydrogen-bond donors (Lipinski definition) is 2. The number of alkyl halides is 3. The Morgan fingerprint density at radius 1 is 1.40 bits per heavy atom. The van der Waals surface area contributed by atoms with Gasteiger partial charge in [0.25, 0.3) is 0 Å². The molecule has 0 bridgehead atoms. The minimum atomic E-state index is -4.49. The van der Waals surface area contributed by atoms with Crippen LogP contribution in [0.4, 0.5) is 18.9 Å². The SMILES string of the molecule is CCN(CCCO)c1ccc(C(F)(F)F)c(C(N)=S)c1. The van der Waals surface area contributed by atoms with Crippen LogP contribution in [0, 0.1) is 0 Å². The van der Waals surface area contributed by atoms with E-state index in [1.54, 1.807) is 0 Å². The van der Waals surface area contributed by atoms with Gasteiger partial charge < -0.3 is 15.7 Å². The van der Waals surface area contributed by atoms with Crippen LogP contribution in [0.3, 0.4) is 0 Å². The highest BCUT2D eigenvalue weighted by Crippen LogP contribution is 2.34. The van der Waals surface area contributed by atoms with Gasteiger partial charge in [-0.3, -0.25) is 0 Å². The number of anilines is 1. The summed E-state index contributed by atoms with van der Waals surface area (Å²) >= 11 is 4.71. The highest BCUT2D eigenvalue weighted by molar-refractivity contribution is 7.80. The van der Waals surface area contributed by atoms with Crippen molar-refractivity contribution in [1.29, 1.82) is 0 Å². The number of aliphatic hydroxyl groups is 1. The first-order valence-electron chi connectivity index (χ1n) is 6.18. The third kappa shape index (κ3) is 4.08. The molecule has 112 valence electrons. The van der Waals surface area contributed by atoms with Crippen molar-refractivity contribution in [1.82, 2.24) is 0 Å².